The first kappa shape index (κ1) is 13.9. The van der Waals surface area contributed by atoms with Crippen molar-refractivity contribution in [3.8, 4) is 0 Å². The number of carbonyl (C=O) groups is 1. The third-order valence-corrected chi connectivity index (χ3v) is 4.25. The SMILES string of the molecule is C[C@@H](NC(=O)c1cnc2[nH]c(C3CC3)cc2c1)c1ccccn1. The van der Waals surface area contributed by atoms with E-state index in [1.54, 1.807) is 12.4 Å². The number of H-pyrrole nitrogens is 1. The Bertz CT molecular complexity index is 852. The average molecular weight is 306 g/mol. The second-order valence-electron chi connectivity index (χ2n) is 6.11. The molecule has 2 N–H and O–H groups in total. The van der Waals surface area contributed by atoms with E-state index in [2.05, 4.69) is 26.3 Å². The van der Waals surface area contributed by atoms with E-state index in [4.69, 9.17) is 0 Å². The van der Waals surface area contributed by atoms with Gasteiger partial charge < -0.3 is 10.3 Å². The second kappa shape index (κ2) is 5.50. The summed E-state index contributed by atoms with van der Waals surface area (Å²) in [5.41, 5.74) is 3.49. The number of nitrogens with one attached hydrogen (secondary N) is 2. The normalized spacial score (nSPS) is 15.5. The van der Waals surface area contributed by atoms with Gasteiger partial charge in [0.25, 0.3) is 5.91 Å². The van der Waals surface area contributed by atoms with E-state index < -0.39 is 0 Å². The lowest BCUT2D eigenvalue weighted by Gasteiger charge is -2.13. The maximum atomic E-state index is 12.4. The Morgan fingerprint density at radius 2 is 2.17 bits per heavy atom. The van der Waals surface area contributed by atoms with E-state index in [9.17, 15) is 4.79 Å². The number of amides is 1. The number of aromatic nitrogens is 3. The van der Waals surface area contributed by atoms with Gasteiger partial charge in [-0.2, -0.15) is 0 Å². The summed E-state index contributed by atoms with van der Waals surface area (Å²) in [6, 6.07) is 9.54. The molecule has 4 rings (SSSR count). The van der Waals surface area contributed by atoms with Crippen molar-refractivity contribution in [1.82, 2.24) is 20.3 Å². The molecule has 1 aliphatic rings. The Hall–Kier alpha value is -2.69. The van der Waals surface area contributed by atoms with Crippen LogP contribution in [0.4, 0.5) is 0 Å². The van der Waals surface area contributed by atoms with Crippen LogP contribution in [0, 0.1) is 0 Å². The van der Waals surface area contributed by atoms with Crippen molar-refractivity contribution in [2.75, 3.05) is 0 Å². The fourth-order valence-corrected chi connectivity index (χ4v) is 2.76. The third kappa shape index (κ3) is 2.82. The van der Waals surface area contributed by atoms with Gasteiger partial charge >= 0.3 is 0 Å². The van der Waals surface area contributed by atoms with Crippen molar-refractivity contribution in [3.05, 3.63) is 59.7 Å². The fourth-order valence-electron chi connectivity index (χ4n) is 2.76. The minimum absolute atomic E-state index is 0.133. The van der Waals surface area contributed by atoms with Gasteiger partial charge in [0.2, 0.25) is 0 Å². The molecule has 0 radical (unpaired) electrons. The van der Waals surface area contributed by atoms with Gasteiger partial charge in [0.05, 0.1) is 17.3 Å². The number of fused-ring (bicyclic) bond motifs is 1. The first-order chi connectivity index (χ1) is 11.2. The molecule has 0 aromatic carbocycles. The van der Waals surface area contributed by atoms with Gasteiger partial charge in [-0.25, -0.2) is 4.98 Å². The van der Waals surface area contributed by atoms with Crippen molar-refractivity contribution in [3.63, 3.8) is 0 Å². The molecular weight excluding hydrogens is 288 g/mol. The van der Waals surface area contributed by atoms with Gasteiger partial charge in [0.1, 0.15) is 5.65 Å². The Balaban J connectivity index is 1.54. The Kier molecular flexibility index (Phi) is 3.33. The van der Waals surface area contributed by atoms with Crippen LogP contribution in [0.15, 0.2) is 42.7 Å². The zero-order valence-corrected chi connectivity index (χ0v) is 12.9. The van der Waals surface area contributed by atoms with Crippen LogP contribution in [0.3, 0.4) is 0 Å². The van der Waals surface area contributed by atoms with E-state index in [-0.39, 0.29) is 11.9 Å². The standard InChI is InChI=1S/C18H18N4O/c1-11(15-4-2-3-7-19-15)21-18(23)14-8-13-9-16(12-5-6-12)22-17(13)20-10-14/h2-4,7-12H,5-6H2,1H3,(H,20,22)(H,21,23)/t11-/m1/s1. The first-order valence-corrected chi connectivity index (χ1v) is 7.91. The molecule has 3 heterocycles. The molecule has 23 heavy (non-hydrogen) atoms. The lowest BCUT2D eigenvalue weighted by Crippen LogP contribution is -2.27. The van der Waals surface area contributed by atoms with Crippen LogP contribution in [0.5, 0.6) is 0 Å². The summed E-state index contributed by atoms with van der Waals surface area (Å²) >= 11 is 0. The summed E-state index contributed by atoms with van der Waals surface area (Å²) in [5, 5.41) is 3.96. The van der Waals surface area contributed by atoms with Crippen LogP contribution >= 0.6 is 0 Å². The zero-order valence-electron chi connectivity index (χ0n) is 12.9. The number of hydrogen-bond donors (Lipinski definition) is 2. The van der Waals surface area contributed by atoms with Crippen molar-refractivity contribution in [2.24, 2.45) is 0 Å². The van der Waals surface area contributed by atoms with Crippen LogP contribution in [0.1, 0.15) is 53.5 Å². The van der Waals surface area contributed by atoms with Crippen molar-refractivity contribution >= 4 is 16.9 Å². The fraction of sp³-hybridized carbons (Fsp3) is 0.278. The van der Waals surface area contributed by atoms with Crippen LogP contribution < -0.4 is 5.32 Å². The smallest absolute Gasteiger partial charge is 0.253 e. The molecule has 5 heteroatoms. The molecule has 116 valence electrons. The van der Waals surface area contributed by atoms with Gasteiger partial charge in [0.15, 0.2) is 0 Å². The largest absolute Gasteiger partial charge is 0.344 e. The monoisotopic (exact) mass is 306 g/mol. The number of carbonyl (C=O) groups excluding carboxylic acids is 1. The molecule has 0 spiro atoms. The Morgan fingerprint density at radius 1 is 1.30 bits per heavy atom. The predicted molar refractivity (Wildman–Crippen MR) is 88.2 cm³/mol. The van der Waals surface area contributed by atoms with Crippen molar-refractivity contribution < 1.29 is 4.79 Å². The molecule has 0 bridgehead atoms. The maximum Gasteiger partial charge on any atom is 0.253 e. The molecule has 3 aromatic heterocycles. The number of rotatable bonds is 4. The average Bonchev–Trinajstić information content (AvgIpc) is 3.34. The Morgan fingerprint density at radius 3 is 2.91 bits per heavy atom. The third-order valence-electron chi connectivity index (χ3n) is 4.25. The summed E-state index contributed by atoms with van der Waals surface area (Å²) in [7, 11) is 0. The lowest BCUT2D eigenvalue weighted by atomic mass is 10.1. The van der Waals surface area contributed by atoms with Crippen LogP contribution in [-0.2, 0) is 0 Å². The molecule has 1 amide bonds. The lowest BCUT2D eigenvalue weighted by molar-refractivity contribution is 0.0939. The van der Waals surface area contributed by atoms with Crippen LogP contribution in [-0.4, -0.2) is 20.9 Å². The van der Waals surface area contributed by atoms with Gasteiger partial charge in [0, 0.05) is 23.5 Å². The first-order valence-electron chi connectivity index (χ1n) is 7.91. The molecular formula is C18H18N4O. The molecule has 1 aliphatic carbocycles. The topological polar surface area (TPSA) is 70.7 Å². The molecule has 0 saturated heterocycles. The van der Waals surface area contributed by atoms with E-state index in [0.29, 0.717) is 11.5 Å². The summed E-state index contributed by atoms with van der Waals surface area (Å²) in [6.07, 6.45) is 5.82. The van der Waals surface area contributed by atoms with Gasteiger partial charge in [-0.3, -0.25) is 9.78 Å². The molecule has 5 nitrogen and oxygen atoms in total. The van der Waals surface area contributed by atoms with Gasteiger partial charge in [-0.05, 0) is 49.9 Å². The minimum atomic E-state index is -0.146. The van der Waals surface area contributed by atoms with E-state index in [0.717, 1.165) is 16.7 Å². The minimum Gasteiger partial charge on any atom is -0.344 e. The summed E-state index contributed by atoms with van der Waals surface area (Å²) in [4.78, 5) is 24.4. The highest BCUT2D eigenvalue weighted by Gasteiger charge is 2.25. The maximum absolute atomic E-state index is 12.4. The van der Waals surface area contributed by atoms with Crippen molar-refractivity contribution in [2.45, 2.75) is 31.7 Å². The number of aromatic amines is 1. The zero-order chi connectivity index (χ0) is 15.8. The molecule has 1 fully saturated rings. The van der Waals surface area contributed by atoms with E-state index >= 15 is 0 Å². The highest BCUT2D eigenvalue weighted by molar-refractivity contribution is 5.97. The van der Waals surface area contributed by atoms with Crippen LogP contribution in [0.2, 0.25) is 0 Å². The molecule has 3 aromatic rings. The molecule has 1 saturated carbocycles. The number of nitrogens with zero attached hydrogens (tertiary/aromatic N) is 2. The predicted octanol–water partition coefficient (Wildman–Crippen LogP) is 3.33. The Labute approximate surface area is 134 Å². The van der Waals surface area contributed by atoms with Gasteiger partial charge in [-0.15, -0.1) is 0 Å². The number of hydrogen-bond acceptors (Lipinski definition) is 3. The highest BCUT2D eigenvalue weighted by Crippen LogP contribution is 2.40. The van der Waals surface area contributed by atoms with Gasteiger partial charge in [-0.1, -0.05) is 6.07 Å². The quantitative estimate of drug-likeness (QED) is 0.776. The van der Waals surface area contributed by atoms with Crippen LogP contribution in [0.25, 0.3) is 11.0 Å². The summed E-state index contributed by atoms with van der Waals surface area (Å²) in [6.45, 7) is 1.92. The molecule has 0 unspecified atom stereocenters. The van der Waals surface area contributed by atoms with E-state index in [1.807, 2.05) is 31.2 Å². The number of pyridine rings is 2. The second-order valence-corrected chi connectivity index (χ2v) is 6.11. The molecule has 1 atom stereocenters. The molecule has 0 aliphatic heterocycles. The summed E-state index contributed by atoms with van der Waals surface area (Å²) in [5.74, 6) is 0.511. The summed E-state index contributed by atoms with van der Waals surface area (Å²) < 4.78 is 0. The highest BCUT2D eigenvalue weighted by atomic mass is 16.1. The van der Waals surface area contributed by atoms with E-state index in [1.165, 1.54) is 18.5 Å². The van der Waals surface area contributed by atoms with Crippen molar-refractivity contribution in [1.29, 1.82) is 0 Å².